The molecule has 0 atom stereocenters. The minimum absolute atomic E-state index is 0.0573. The van der Waals surface area contributed by atoms with E-state index in [1.165, 1.54) is 12.1 Å². The number of benzene rings is 2. The normalized spacial score (nSPS) is 16.5. The van der Waals surface area contributed by atoms with Crippen molar-refractivity contribution in [3.05, 3.63) is 64.7 Å². The molecule has 0 unspecified atom stereocenters. The number of carbonyl (C=O) groups is 2. The fraction of sp³-hybridized carbons (Fsp3) is 0.333. The zero-order valence-electron chi connectivity index (χ0n) is 15.1. The molecule has 0 radical (unpaired) electrons. The number of fused-ring (bicyclic) bond motifs is 1. The first-order chi connectivity index (χ1) is 13.3. The number of halogens is 3. The van der Waals surface area contributed by atoms with Gasteiger partial charge in [-0.1, -0.05) is 12.1 Å². The summed E-state index contributed by atoms with van der Waals surface area (Å²) in [7, 11) is 0. The Kier molecular flexibility index (Phi) is 4.61. The maximum Gasteiger partial charge on any atom is 0.416 e. The van der Waals surface area contributed by atoms with E-state index in [-0.39, 0.29) is 17.4 Å². The van der Waals surface area contributed by atoms with Gasteiger partial charge < -0.3 is 10.2 Å². The lowest BCUT2D eigenvalue weighted by atomic mass is 9.98. The molecule has 0 spiro atoms. The van der Waals surface area contributed by atoms with Gasteiger partial charge in [0.2, 0.25) is 5.91 Å². The maximum absolute atomic E-state index is 12.8. The fourth-order valence-corrected chi connectivity index (χ4v) is 3.45. The van der Waals surface area contributed by atoms with Gasteiger partial charge in [-0.15, -0.1) is 0 Å². The minimum atomic E-state index is -4.50. The molecule has 0 aromatic heterocycles. The molecule has 2 aromatic rings. The highest BCUT2D eigenvalue weighted by Crippen LogP contribution is 2.33. The fourth-order valence-electron chi connectivity index (χ4n) is 3.45. The van der Waals surface area contributed by atoms with Crippen LogP contribution in [0.15, 0.2) is 42.5 Å². The van der Waals surface area contributed by atoms with Crippen LogP contribution in [0.5, 0.6) is 0 Å². The van der Waals surface area contributed by atoms with Gasteiger partial charge in [0.15, 0.2) is 0 Å². The molecule has 2 amide bonds. The lowest BCUT2D eigenvalue weighted by Crippen LogP contribution is -2.36. The van der Waals surface area contributed by atoms with Crippen LogP contribution in [0.1, 0.15) is 39.9 Å². The maximum atomic E-state index is 12.8. The number of nitrogens with one attached hydrogen (secondary N) is 1. The van der Waals surface area contributed by atoms with E-state index in [4.69, 9.17) is 0 Å². The molecule has 0 bridgehead atoms. The Hall–Kier alpha value is -2.83. The number of carbonyl (C=O) groups excluding carboxylic acids is 2. The van der Waals surface area contributed by atoms with E-state index in [2.05, 4.69) is 5.32 Å². The van der Waals surface area contributed by atoms with E-state index in [1.807, 2.05) is 11.0 Å². The summed E-state index contributed by atoms with van der Waals surface area (Å²) in [6.07, 6.45) is -1.83. The van der Waals surface area contributed by atoms with E-state index in [0.717, 1.165) is 42.5 Å². The smallest absolute Gasteiger partial charge is 0.338 e. The highest BCUT2D eigenvalue weighted by Gasteiger charge is 2.34. The van der Waals surface area contributed by atoms with Crippen LogP contribution in [0.4, 0.5) is 18.9 Å². The van der Waals surface area contributed by atoms with E-state index in [1.54, 1.807) is 12.1 Å². The monoisotopic (exact) mass is 388 g/mol. The first-order valence-corrected chi connectivity index (χ1v) is 9.20. The van der Waals surface area contributed by atoms with Gasteiger partial charge in [0.25, 0.3) is 5.91 Å². The molecular weight excluding hydrogens is 369 g/mol. The van der Waals surface area contributed by atoms with Crippen molar-refractivity contribution >= 4 is 17.5 Å². The minimum Gasteiger partial charge on any atom is -0.338 e. The summed E-state index contributed by atoms with van der Waals surface area (Å²) in [5.74, 6) is -0.262. The van der Waals surface area contributed by atoms with Crippen molar-refractivity contribution in [1.29, 1.82) is 0 Å². The number of hydrogen-bond donors (Lipinski definition) is 1. The zero-order chi connectivity index (χ0) is 19.9. The summed E-state index contributed by atoms with van der Waals surface area (Å²) in [4.78, 5) is 26.5. The quantitative estimate of drug-likeness (QED) is 0.855. The van der Waals surface area contributed by atoms with Crippen LogP contribution in [0, 0.1) is 5.92 Å². The number of hydrogen-bond acceptors (Lipinski definition) is 2. The largest absolute Gasteiger partial charge is 0.416 e. The van der Waals surface area contributed by atoms with Crippen LogP contribution in [0.3, 0.4) is 0 Å². The molecule has 1 aliphatic carbocycles. The highest BCUT2D eigenvalue weighted by molar-refractivity contribution is 6.04. The molecule has 1 aliphatic heterocycles. The van der Waals surface area contributed by atoms with E-state index >= 15 is 0 Å². The van der Waals surface area contributed by atoms with Gasteiger partial charge in [-0.05, 0) is 60.7 Å². The molecule has 1 heterocycles. The van der Waals surface area contributed by atoms with E-state index < -0.39 is 17.6 Å². The van der Waals surface area contributed by atoms with Crippen molar-refractivity contribution in [3.63, 3.8) is 0 Å². The van der Waals surface area contributed by atoms with Crippen molar-refractivity contribution in [2.75, 3.05) is 11.9 Å². The van der Waals surface area contributed by atoms with Crippen LogP contribution in [0.2, 0.25) is 0 Å². The summed E-state index contributed by atoms with van der Waals surface area (Å²) in [5.41, 5.74) is 1.67. The lowest BCUT2D eigenvalue weighted by Gasteiger charge is -2.29. The van der Waals surface area contributed by atoms with E-state index in [9.17, 15) is 22.8 Å². The van der Waals surface area contributed by atoms with Crippen LogP contribution < -0.4 is 5.32 Å². The third kappa shape index (κ3) is 3.88. The lowest BCUT2D eigenvalue weighted by molar-refractivity contribution is -0.137. The van der Waals surface area contributed by atoms with Crippen molar-refractivity contribution in [3.8, 4) is 0 Å². The molecule has 1 N–H and O–H groups in total. The summed E-state index contributed by atoms with van der Waals surface area (Å²) in [6.45, 7) is 1.19. The Bertz CT molecular complexity index is 935. The van der Waals surface area contributed by atoms with Crippen molar-refractivity contribution in [1.82, 2.24) is 4.90 Å². The molecule has 4 nitrogen and oxygen atoms in total. The molecule has 4 rings (SSSR count). The second-order valence-electron chi connectivity index (χ2n) is 7.30. The van der Waals surface area contributed by atoms with Gasteiger partial charge in [0, 0.05) is 30.3 Å². The number of amides is 2. The standard InChI is InChI=1S/C21H19F3N2O2/c22-21(23,24)17-3-1-2-15(10-17)19(27)25-18-7-6-13-8-9-26(12-16(13)11-18)20(28)14-4-5-14/h1-3,6-7,10-11,14H,4-5,8-9,12H2,(H,25,27). The predicted molar refractivity (Wildman–Crippen MR) is 97.7 cm³/mol. The SMILES string of the molecule is O=C(Nc1ccc2c(c1)CN(C(=O)C1CC1)CC2)c1cccc(C(F)(F)F)c1. The number of rotatable bonds is 3. The average molecular weight is 388 g/mol. The summed E-state index contributed by atoms with van der Waals surface area (Å²) in [5, 5.41) is 2.66. The third-order valence-corrected chi connectivity index (χ3v) is 5.17. The zero-order valence-corrected chi connectivity index (χ0v) is 15.1. The first-order valence-electron chi connectivity index (χ1n) is 9.20. The van der Waals surface area contributed by atoms with Crippen LogP contribution in [0.25, 0.3) is 0 Å². The third-order valence-electron chi connectivity index (χ3n) is 5.17. The van der Waals surface area contributed by atoms with Gasteiger partial charge in [-0.3, -0.25) is 9.59 Å². The van der Waals surface area contributed by atoms with Gasteiger partial charge in [-0.25, -0.2) is 0 Å². The van der Waals surface area contributed by atoms with Crippen molar-refractivity contribution in [2.45, 2.75) is 32.0 Å². The number of nitrogens with zero attached hydrogens (tertiary/aromatic N) is 1. The van der Waals surface area contributed by atoms with Gasteiger partial charge >= 0.3 is 6.18 Å². The second-order valence-corrected chi connectivity index (χ2v) is 7.30. The Balaban J connectivity index is 1.49. The van der Waals surface area contributed by atoms with Gasteiger partial charge in [0.05, 0.1) is 5.56 Å². The summed E-state index contributed by atoms with van der Waals surface area (Å²) in [6, 6.07) is 9.77. The Labute approximate surface area is 160 Å². The van der Waals surface area contributed by atoms with Gasteiger partial charge in [0.1, 0.15) is 0 Å². The van der Waals surface area contributed by atoms with E-state index in [0.29, 0.717) is 18.8 Å². The molecule has 2 aromatic carbocycles. The highest BCUT2D eigenvalue weighted by atomic mass is 19.4. The molecule has 1 fully saturated rings. The van der Waals surface area contributed by atoms with Crippen molar-refractivity contribution in [2.24, 2.45) is 5.92 Å². The number of anilines is 1. The second kappa shape index (κ2) is 6.96. The molecule has 7 heteroatoms. The summed E-state index contributed by atoms with van der Waals surface area (Å²) >= 11 is 0. The topological polar surface area (TPSA) is 49.4 Å². The first kappa shape index (κ1) is 18.5. The molecule has 146 valence electrons. The van der Waals surface area contributed by atoms with Crippen molar-refractivity contribution < 1.29 is 22.8 Å². The number of alkyl halides is 3. The Morgan fingerprint density at radius 1 is 1.04 bits per heavy atom. The molecule has 1 saturated carbocycles. The molecule has 0 saturated heterocycles. The van der Waals surface area contributed by atoms with Crippen LogP contribution in [-0.4, -0.2) is 23.3 Å². The Morgan fingerprint density at radius 2 is 1.82 bits per heavy atom. The van der Waals surface area contributed by atoms with Gasteiger partial charge in [-0.2, -0.15) is 13.2 Å². The molecule has 2 aliphatic rings. The van der Waals surface area contributed by atoms with Crippen LogP contribution >= 0.6 is 0 Å². The van der Waals surface area contributed by atoms with Crippen LogP contribution in [-0.2, 0) is 23.9 Å². The summed E-state index contributed by atoms with van der Waals surface area (Å²) < 4.78 is 38.5. The molecular formula is C21H19F3N2O2. The average Bonchev–Trinajstić information content (AvgIpc) is 3.51. The predicted octanol–water partition coefficient (Wildman–Crippen LogP) is 4.25. The molecule has 28 heavy (non-hydrogen) atoms. The Morgan fingerprint density at radius 3 is 2.54 bits per heavy atom.